The average molecular weight is 234 g/mol. The predicted octanol–water partition coefficient (Wildman–Crippen LogP) is 1.66. The summed E-state index contributed by atoms with van der Waals surface area (Å²) >= 11 is 0. The van der Waals surface area contributed by atoms with Gasteiger partial charge in [0.15, 0.2) is 0 Å². The van der Waals surface area contributed by atoms with Crippen LogP contribution in [0.4, 0.5) is 0 Å². The first-order valence-electron chi connectivity index (χ1n) is 5.89. The Kier molecular flexibility index (Phi) is 4.17. The van der Waals surface area contributed by atoms with Gasteiger partial charge in [-0.2, -0.15) is 0 Å². The van der Waals surface area contributed by atoms with Crippen LogP contribution >= 0.6 is 0 Å². The zero-order chi connectivity index (χ0) is 13.7. The molecule has 1 aromatic carbocycles. The second-order valence-electron chi connectivity index (χ2n) is 3.75. The van der Waals surface area contributed by atoms with E-state index in [4.69, 9.17) is 11.6 Å². The largest absolute Gasteiger partial charge is 0.481 e. The van der Waals surface area contributed by atoms with Gasteiger partial charge in [-0.1, -0.05) is 17.9 Å². The molecule has 0 saturated heterocycles. The summed E-state index contributed by atoms with van der Waals surface area (Å²) < 4.78 is 7.33. The molecule has 2 N–H and O–H groups in total. The second kappa shape index (κ2) is 6.07. The third-order valence-corrected chi connectivity index (χ3v) is 2.64. The monoisotopic (exact) mass is 234 g/mol. The fourth-order valence-corrected chi connectivity index (χ4v) is 1.54. The van der Waals surface area contributed by atoms with Gasteiger partial charge in [0.1, 0.15) is 0 Å². The third kappa shape index (κ3) is 3.61. The Morgan fingerprint density at radius 2 is 2.12 bits per heavy atom. The average Bonchev–Trinajstić information content (AvgIpc) is 2.33. The number of hydrogen-bond acceptors (Lipinski definition) is 2. The normalized spacial score (nSPS) is 12.3. The number of rotatable bonds is 3. The van der Waals surface area contributed by atoms with Crippen molar-refractivity contribution in [3.05, 3.63) is 34.4 Å². The van der Waals surface area contributed by atoms with Crippen LogP contribution in [-0.2, 0) is 11.2 Å². The molecule has 0 bridgehead atoms. The van der Waals surface area contributed by atoms with Crippen LogP contribution in [0.2, 0.25) is 0 Å². The minimum atomic E-state index is -0.858. The molecule has 3 nitrogen and oxygen atoms in total. The van der Waals surface area contributed by atoms with Crippen LogP contribution in [0.1, 0.15) is 30.0 Å². The van der Waals surface area contributed by atoms with Crippen molar-refractivity contribution in [3.8, 4) is 11.8 Å². The van der Waals surface area contributed by atoms with E-state index >= 15 is 0 Å². The fourth-order valence-electron chi connectivity index (χ4n) is 1.54. The highest BCUT2D eigenvalue weighted by Crippen LogP contribution is 2.17. The molecule has 0 saturated carbocycles. The van der Waals surface area contributed by atoms with Crippen molar-refractivity contribution in [1.82, 2.24) is 0 Å². The number of aliphatic hydroxyl groups is 1. The number of carboxylic acids is 1. The molecule has 1 aromatic rings. The first-order chi connectivity index (χ1) is 8.45. The molecule has 1 unspecified atom stereocenters. The van der Waals surface area contributed by atoms with Gasteiger partial charge in [0.25, 0.3) is 0 Å². The Bertz CT molecular complexity index is 512. The van der Waals surface area contributed by atoms with Crippen LogP contribution in [0.15, 0.2) is 12.1 Å². The van der Waals surface area contributed by atoms with Crippen molar-refractivity contribution in [3.63, 3.8) is 0 Å². The van der Waals surface area contributed by atoms with Crippen LogP contribution in [0.5, 0.6) is 0 Å². The lowest BCUT2D eigenvalue weighted by atomic mass is 9.96. The molecule has 90 valence electrons. The molecule has 0 aliphatic heterocycles. The summed E-state index contributed by atoms with van der Waals surface area (Å²) in [6, 6.07) is 3.51. The van der Waals surface area contributed by atoms with Crippen molar-refractivity contribution < 1.29 is 16.4 Å². The summed E-state index contributed by atoms with van der Waals surface area (Å²) in [4.78, 5) is 10.7. The lowest BCUT2D eigenvalue weighted by Gasteiger charge is -2.08. The first-order valence-corrected chi connectivity index (χ1v) is 5.31. The van der Waals surface area contributed by atoms with Gasteiger partial charge >= 0.3 is 5.97 Å². The second-order valence-corrected chi connectivity index (χ2v) is 3.75. The molecule has 3 heteroatoms. The maximum Gasteiger partial charge on any atom is 0.307 e. The zero-order valence-corrected chi connectivity index (χ0v) is 9.95. The highest BCUT2D eigenvalue weighted by molar-refractivity contribution is 5.71. The lowest BCUT2D eigenvalue weighted by Crippen LogP contribution is -2.03. The lowest BCUT2D eigenvalue weighted by molar-refractivity contribution is -0.136. The Labute approximate surface area is 103 Å². The van der Waals surface area contributed by atoms with E-state index in [2.05, 4.69) is 11.8 Å². The molecule has 0 heterocycles. The van der Waals surface area contributed by atoms with E-state index in [1.807, 2.05) is 13.8 Å². The van der Waals surface area contributed by atoms with Crippen LogP contribution in [0.3, 0.4) is 0 Å². The summed E-state index contributed by atoms with van der Waals surface area (Å²) in [5, 5.41) is 17.5. The van der Waals surface area contributed by atoms with E-state index in [0.29, 0.717) is 0 Å². The zero-order valence-electron chi connectivity index (χ0n) is 10.9. The van der Waals surface area contributed by atoms with Crippen molar-refractivity contribution in [2.75, 3.05) is 6.61 Å². The van der Waals surface area contributed by atoms with Crippen LogP contribution in [-0.4, -0.2) is 22.8 Å². The molecule has 1 rings (SSSR count). The molecule has 0 aliphatic rings. The standard InChI is InChI=1S/C14H16O3/c1-10-11(2)13(9-14(16)17)7-6-12(10)5-3-4-8-15/h6-7,15H,4,8-9H2,1-2H3,(H,16,17)/i4T. The van der Waals surface area contributed by atoms with Crippen LogP contribution < -0.4 is 0 Å². The summed E-state index contributed by atoms with van der Waals surface area (Å²) in [6.07, 6.45) is -0.804. The van der Waals surface area contributed by atoms with Crippen molar-refractivity contribution >= 4 is 5.97 Å². The molecular formula is C14H16O3. The van der Waals surface area contributed by atoms with Gasteiger partial charge in [-0.25, -0.2) is 0 Å². The number of carboxylic acid groups (broad SMARTS) is 1. The van der Waals surface area contributed by atoms with Crippen molar-refractivity contribution in [1.29, 1.82) is 0 Å². The van der Waals surface area contributed by atoms with E-state index in [9.17, 15) is 4.79 Å². The molecule has 0 radical (unpaired) electrons. The summed E-state index contributed by atoms with van der Waals surface area (Å²) in [6.45, 7) is 3.45. The van der Waals surface area contributed by atoms with Crippen molar-refractivity contribution in [2.24, 2.45) is 0 Å². The summed E-state index contributed by atoms with van der Waals surface area (Å²) in [5.74, 6) is 4.61. The minimum Gasteiger partial charge on any atom is -0.481 e. The molecule has 0 aliphatic carbocycles. The summed E-state index contributed by atoms with van der Waals surface area (Å²) in [5.41, 5.74) is 3.38. The van der Waals surface area contributed by atoms with Gasteiger partial charge in [-0.3, -0.25) is 4.79 Å². The molecular weight excluding hydrogens is 216 g/mol. The van der Waals surface area contributed by atoms with Gasteiger partial charge in [0, 0.05) is 13.3 Å². The maximum atomic E-state index is 10.7. The summed E-state index contributed by atoms with van der Waals surface area (Å²) in [7, 11) is 0. The van der Waals surface area contributed by atoms with E-state index in [1.165, 1.54) is 0 Å². The minimum absolute atomic E-state index is 0.00189. The number of aliphatic hydroxyl groups excluding tert-OH is 1. The Morgan fingerprint density at radius 1 is 1.41 bits per heavy atom. The molecule has 0 fully saturated rings. The van der Waals surface area contributed by atoms with E-state index in [0.717, 1.165) is 22.3 Å². The smallest absolute Gasteiger partial charge is 0.307 e. The number of carbonyl (C=O) groups is 1. The van der Waals surface area contributed by atoms with Gasteiger partial charge in [0.05, 0.1) is 13.0 Å². The van der Waals surface area contributed by atoms with Gasteiger partial charge in [0.2, 0.25) is 0 Å². The Hall–Kier alpha value is -1.79. The third-order valence-electron chi connectivity index (χ3n) is 2.64. The maximum absolute atomic E-state index is 10.7. The van der Waals surface area contributed by atoms with E-state index < -0.39 is 12.4 Å². The van der Waals surface area contributed by atoms with Crippen LogP contribution in [0, 0.1) is 25.7 Å². The van der Waals surface area contributed by atoms with E-state index in [1.54, 1.807) is 12.1 Å². The molecule has 1 atom stereocenters. The number of hydrogen-bond donors (Lipinski definition) is 2. The van der Waals surface area contributed by atoms with Crippen LogP contribution in [0.25, 0.3) is 0 Å². The quantitative estimate of drug-likeness (QED) is 0.782. The molecule has 0 spiro atoms. The number of aliphatic carboxylic acids is 1. The SMILES string of the molecule is [3H]C(C#Cc1ccc(CC(=O)O)c(C)c1C)CO. The van der Waals surface area contributed by atoms with Gasteiger partial charge in [-0.15, -0.1) is 0 Å². The molecule has 0 amide bonds. The van der Waals surface area contributed by atoms with Gasteiger partial charge in [-0.05, 0) is 36.6 Å². The van der Waals surface area contributed by atoms with Gasteiger partial charge < -0.3 is 10.2 Å². The van der Waals surface area contributed by atoms with Crippen molar-refractivity contribution in [2.45, 2.75) is 26.7 Å². The highest BCUT2D eigenvalue weighted by Gasteiger charge is 2.07. The fraction of sp³-hybridized carbons (Fsp3) is 0.357. The predicted molar refractivity (Wildman–Crippen MR) is 65.8 cm³/mol. The topological polar surface area (TPSA) is 57.5 Å². The highest BCUT2D eigenvalue weighted by atomic mass is 16.4. The Morgan fingerprint density at radius 3 is 2.71 bits per heavy atom. The van der Waals surface area contributed by atoms with E-state index in [-0.39, 0.29) is 13.0 Å². The molecule has 0 aromatic heterocycles. The Balaban J connectivity index is 3.07. The molecule has 17 heavy (non-hydrogen) atoms. The first kappa shape index (κ1) is 11.7. The number of benzene rings is 1.